The van der Waals surface area contributed by atoms with Crippen molar-refractivity contribution in [2.75, 3.05) is 13.1 Å². The molecule has 1 amide bonds. The molecule has 4 nitrogen and oxygen atoms in total. The van der Waals surface area contributed by atoms with E-state index in [4.69, 9.17) is 5.73 Å². The number of fused-ring (bicyclic) bond motifs is 1. The van der Waals surface area contributed by atoms with Crippen LogP contribution < -0.4 is 11.1 Å². The van der Waals surface area contributed by atoms with Gasteiger partial charge in [0.15, 0.2) is 0 Å². The summed E-state index contributed by atoms with van der Waals surface area (Å²) in [7, 11) is 0. The van der Waals surface area contributed by atoms with Crippen molar-refractivity contribution in [1.82, 2.24) is 10.2 Å². The first-order valence-electron chi connectivity index (χ1n) is 7.57. The van der Waals surface area contributed by atoms with E-state index in [1.807, 2.05) is 27.7 Å². The summed E-state index contributed by atoms with van der Waals surface area (Å²) >= 11 is 0. The molecule has 2 aliphatic heterocycles. The fourth-order valence-corrected chi connectivity index (χ4v) is 3.06. The highest BCUT2D eigenvalue weighted by molar-refractivity contribution is 5.83. The molecule has 4 heteroatoms. The third-order valence-electron chi connectivity index (χ3n) is 5.35. The Bertz CT molecular complexity index is 346. The number of nitrogens with two attached hydrogens (primary N) is 1. The topological polar surface area (TPSA) is 58.4 Å². The fourth-order valence-electron chi connectivity index (χ4n) is 3.06. The van der Waals surface area contributed by atoms with E-state index in [0.29, 0.717) is 12.1 Å². The van der Waals surface area contributed by atoms with E-state index in [2.05, 4.69) is 10.2 Å². The van der Waals surface area contributed by atoms with Gasteiger partial charge >= 0.3 is 0 Å². The van der Waals surface area contributed by atoms with Gasteiger partial charge in [0.05, 0.1) is 5.41 Å². The lowest BCUT2D eigenvalue weighted by Crippen LogP contribution is -2.58. The number of rotatable bonds is 3. The fraction of sp³-hybridized carbons (Fsp3) is 0.933. The Kier molecular flexibility index (Phi) is 3.94. The van der Waals surface area contributed by atoms with E-state index in [1.54, 1.807) is 0 Å². The van der Waals surface area contributed by atoms with Crippen LogP contribution in [0.25, 0.3) is 0 Å². The van der Waals surface area contributed by atoms with E-state index >= 15 is 0 Å². The Morgan fingerprint density at radius 2 is 1.84 bits per heavy atom. The van der Waals surface area contributed by atoms with Crippen LogP contribution in [0.1, 0.15) is 53.4 Å². The Balaban J connectivity index is 2.00. The SMILES string of the molecule is CC(C)(N)C(C)(C)C(=O)NC1CCN2CCCCC12. The molecule has 2 atom stereocenters. The van der Waals surface area contributed by atoms with Gasteiger partial charge in [-0.25, -0.2) is 0 Å². The Morgan fingerprint density at radius 3 is 2.47 bits per heavy atom. The van der Waals surface area contributed by atoms with Crippen molar-refractivity contribution in [2.24, 2.45) is 11.1 Å². The first-order valence-corrected chi connectivity index (χ1v) is 7.57. The van der Waals surface area contributed by atoms with Gasteiger partial charge in [-0.3, -0.25) is 9.69 Å². The zero-order valence-electron chi connectivity index (χ0n) is 12.8. The number of hydrogen-bond donors (Lipinski definition) is 2. The van der Waals surface area contributed by atoms with Gasteiger partial charge < -0.3 is 11.1 Å². The van der Waals surface area contributed by atoms with Gasteiger partial charge in [0, 0.05) is 24.2 Å². The number of nitrogens with one attached hydrogen (secondary N) is 1. The van der Waals surface area contributed by atoms with Crippen molar-refractivity contribution in [1.29, 1.82) is 0 Å². The van der Waals surface area contributed by atoms with E-state index in [1.165, 1.54) is 25.8 Å². The molecule has 2 fully saturated rings. The van der Waals surface area contributed by atoms with Crippen LogP contribution in [0.4, 0.5) is 0 Å². The van der Waals surface area contributed by atoms with Crippen molar-refractivity contribution >= 4 is 5.91 Å². The van der Waals surface area contributed by atoms with Crippen LogP contribution in [0.3, 0.4) is 0 Å². The lowest BCUT2D eigenvalue weighted by molar-refractivity contribution is -0.133. The molecule has 0 saturated carbocycles. The van der Waals surface area contributed by atoms with Gasteiger partial charge in [-0.15, -0.1) is 0 Å². The third kappa shape index (κ3) is 2.79. The minimum Gasteiger partial charge on any atom is -0.351 e. The van der Waals surface area contributed by atoms with E-state index < -0.39 is 11.0 Å². The number of nitrogens with zero attached hydrogens (tertiary/aromatic N) is 1. The quantitative estimate of drug-likeness (QED) is 0.814. The Hall–Kier alpha value is -0.610. The van der Waals surface area contributed by atoms with Gasteiger partial charge in [0.25, 0.3) is 0 Å². The molecular formula is C15H29N3O. The summed E-state index contributed by atoms with van der Waals surface area (Å²) in [5, 5.41) is 3.26. The maximum atomic E-state index is 12.5. The zero-order chi connectivity index (χ0) is 14.3. The molecule has 2 aliphatic rings. The highest BCUT2D eigenvalue weighted by atomic mass is 16.2. The molecule has 0 bridgehead atoms. The van der Waals surface area contributed by atoms with Crippen LogP contribution >= 0.6 is 0 Å². The van der Waals surface area contributed by atoms with Crippen LogP contribution in [-0.4, -0.2) is 41.5 Å². The summed E-state index contributed by atoms with van der Waals surface area (Å²) in [6.45, 7) is 10.1. The normalized spacial score (nSPS) is 29.1. The monoisotopic (exact) mass is 267 g/mol. The van der Waals surface area contributed by atoms with E-state index in [0.717, 1.165) is 13.0 Å². The summed E-state index contributed by atoms with van der Waals surface area (Å²) < 4.78 is 0. The number of piperidine rings is 1. The lowest BCUT2D eigenvalue weighted by Gasteiger charge is -2.39. The molecule has 0 radical (unpaired) electrons. The van der Waals surface area contributed by atoms with Crippen LogP contribution in [0.2, 0.25) is 0 Å². The summed E-state index contributed by atoms with van der Waals surface area (Å²) in [4.78, 5) is 15.1. The van der Waals surface area contributed by atoms with Gasteiger partial charge in [-0.2, -0.15) is 0 Å². The van der Waals surface area contributed by atoms with Crippen molar-refractivity contribution in [3.05, 3.63) is 0 Å². The Labute approximate surface area is 117 Å². The Morgan fingerprint density at radius 1 is 1.16 bits per heavy atom. The molecule has 110 valence electrons. The second-order valence-electron chi connectivity index (χ2n) is 7.31. The molecule has 2 rings (SSSR count). The van der Waals surface area contributed by atoms with Crippen LogP contribution in [0.5, 0.6) is 0 Å². The van der Waals surface area contributed by atoms with Crippen molar-refractivity contribution in [2.45, 2.75) is 71.0 Å². The highest BCUT2D eigenvalue weighted by Gasteiger charge is 2.43. The third-order valence-corrected chi connectivity index (χ3v) is 5.35. The number of hydrogen-bond acceptors (Lipinski definition) is 3. The molecule has 0 spiro atoms. The van der Waals surface area contributed by atoms with E-state index in [9.17, 15) is 4.79 Å². The first kappa shape index (κ1) is 14.8. The maximum absolute atomic E-state index is 12.5. The van der Waals surface area contributed by atoms with Crippen LogP contribution in [0, 0.1) is 5.41 Å². The van der Waals surface area contributed by atoms with Crippen molar-refractivity contribution < 1.29 is 4.79 Å². The standard InChI is InChI=1S/C15H29N3O/c1-14(2,15(3,4)16)13(19)17-11-8-10-18-9-6-5-7-12(11)18/h11-12H,5-10,16H2,1-4H3,(H,17,19). The average molecular weight is 267 g/mol. The minimum atomic E-state index is -0.547. The number of amides is 1. The molecule has 0 aromatic rings. The summed E-state index contributed by atoms with van der Waals surface area (Å²) in [5.41, 5.74) is 5.09. The van der Waals surface area contributed by atoms with Gasteiger partial charge in [-0.1, -0.05) is 6.42 Å². The van der Waals surface area contributed by atoms with Gasteiger partial charge in [-0.05, 0) is 53.5 Å². The second kappa shape index (κ2) is 5.06. The minimum absolute atomic E-state index is 0.0948. The predicted molar refractivity (Wildman–Crippen MR) is 77.8 cm³/mol. The molecule has 3 N–H and O–H groups in total. The molecule has 2 heterocycles. The predicted octanol–water partition coefficient (Wildman–Crippen LogP) is 1.49. The van der Waals surface area contributed by atoms with Crippen LogP contribution in [-0.2, 0) is 4.79 Å². The van der Waals surface area contributed by atoms with Gasteiger partial charge in [0.1, 0.15) is 0 Å². The number of carbonyl (C=O) groups excluding carboxylic acids is 1. The van der Waals surface area contributed by atoms with Crippen molar-refractivity contribution in [3.8, 4) is 0 Å². The smallest absolute Gasteiger partial charge is 0.227 e. The molecule has 0 aromatic heterocycles. The molecule has 0 aliphatic carbocycles. The summed E-state index contributed by atoms with van der Waals surface area (Å²) in [6, 6.07) is 0.865. The van der Waals surface area contributed by atoms with Crippen molar-refractivity contribution in [3.63, 3.8) is 0 Å². The number of carbonyl (C=O) groups is 1. The van der Waals surface area contributed by atoms with Crippen LogP contribution in [0.15, 0.2) is 0 Å². The lowest BCUT2D eigenvalue weighted by atomic mass is 9.74. The molecule has 2 unspecified atom stereocenters. The molecule has 0 aromatic carbocycles. The molecular weight excluding hydrogens is 238 g/mol. The van der Waals surface area contributed by atoms with Gasteiger partial charge in [0.2, 0.25) is 5.91 Å². The van der Waals surface area contributed by atoms with E-state index in [-0.39, 0.29) is 5.91 Å². The molecule has 2 saturated heterocycles. The summed E-state index contributed by atoms with van der Waals surface area (Å²) in [5.74, 6) is 0.0948. The largest absolute Gasteiger partial charge is 0.351 e. The first-order chi connectivity index (χ1) is 8.73. The highest BCUT2D eigenvalue weighted by Crippen LogP contribution is 2.31. The molecule has 19 heavy (non-hydrogen) atoms. The summed E-state index contributed by atoms with van der Waals surface area (Å²) in [6.07, 6.45) is 4.90. The second-order valence-corrected chi connectivity index (χ2v) is 7.31. The maximum Gasteiger partial charge on any atom is 0.227 e. The average Bonchev–Trinajstić information content (AvgIpc) is 2.71. The zero-order valence-corrected chi connectivity index (χ0v) is 12.8.